The quantitative estimate of drug-likeness (QED) is 0.840. The van der Waals surface area contributed by atoms with Crippen molar-refractivity contribution in [2.45, 2.75) is 32.9 Å². The number of rotatable bonds is 5. The number of pyridine rings is 1. The summed E-state index contributed by atoms with van der Waals surface area (Å²) in [7, 11) is 0. The van der Waals surface area contributed by atoms with E-state index < -0.39 is 5.60 Å². The first-order chi connectivity index (χ1) is 7.80. The summed E-state index contributed by atoms with van der Waals surface area (Å²) >= 11 is 11.7. The first-order valence-corrected chi connectivity index (χ1v) is 6.32. The van der Waals surface area contributed by atoms with Crippen LogP contribution in [0.4, 0.5) is 0 Å². The summed E-state index contributed by atoms with van der Waals surface area (Å²) in [4.78, 5) is 6.03. The highest BCUT2D eigenvalue weighted by Crippen LogP contribution is 2.17. The van der Waals surface area contributed by atoms with Crippen LogP contribution >= 0.6 is 23.2 Å². The van der Waals surface area contributed by atoms with E-state index in [0.29, 0.717) is 23.4 Å². The normalized spacial score (nSPS) is 12.2. The minimum atomic E-state index is -0.712. The lowest BCUT2D eigenvalue weighted by molar-refractivity contribution is 0.0353. The Balaban J connectivity index is 2.73. The van der Waals surface area contributed by atoms with Gasteiger partial charge in [-0.15, -0.1) is 0 Å². The van der Waals surface area contributed by atoms with Crippen LogP contribution < -0.4 is 0 Å². The molecule has 1 aromatic rings. The van der Waals surface area contributed by atoms with E-state index in [1.807, 2.05) is 0 Å². The number of hydrogen-bond donors (Lipinski definition) is 1. The van der Waals surface area contributed by atoms with Crippen molar-refractivity contribution < 1.29 is 5.11 Å². The molecule has 0 atom stereocenters. The van der Waals surface area contributed by atoms with E-state index in [1.165, 1.54) is 0 Å². The number of hydrogen-bond acceptors (Lipinski definition) is 3. The third kappa shape index (κ3) is 5.68. The van der Waals surface area contributed by atoms with Gasteiger partial charge in [0.1, 0.15) is 10.3 Å². The van der Waals surface area contributed by atoms with Crippen molar-refractivity contribution in [3.63, 3.8) is 0 Å². The standard InChI is InChI=1S/C12H18Cl2N2O/c1-4-16(8-12(2,3)17)7-9-5-10(13)15-11(14)6-9/h5-6,17H,4,7-8H2,1-3H3. The zero-order chi connectivity index (χ0) is 13.1. The van der Waals surface area contributed by atoms with Crippen LogP contribution in [0, 0.1) is 0 Å². The van der Waals surface area contributed by atoms with Crippen LogP contribution in [0.25, 0.3) is 0 Å². The topological polar surface area (TPSA) is 36.4 Å². The molecule has 0 fully saturated rings. The molecule has 1 heterocycles. The van der Waals surface area contributed by atoms with Crippen molar-refractivity contribution in [1.82, 2.24) is 9.88 Å². The van der Waals surface area contributed by atoms with Crippen molar-refractivity contribution >= 4 is 23.2 Å². The minimum absolute atomic E-state index is 0.395. The molecule has 0 aliphatic rings. The predicted octanol–water partition coefficient (Wildman–Crippen LogP) is 2.98. The summed E-state index contributed by atoms with van der Waals surface area (Å²) in [6, 6.07) is 3.58. The van der Waals surface area contributed by atoms with E-state index in [0.717, 1.165) is 12.1 Å². The highest BCUT2D eigenvalue weighted by Gasteiger charge is 2.17. The van der Waals surface area contributed by atoms with Crippen LogP contribution in [0.1, 0.15) is 26.3 Å². The number of likely N-dealkylation sites (N-methyl/N-ethyl adjacent to an activating group) is 1. The van der Waals surface area contributed by atoms with Gasteiger partial charge in [0.05, 0.1) is 5.60 Å². The average Bonchev–Trinajstić information content (AvgIpc) is 2.12. The molecule has 3 nitrogen and oxygen atoms in total. The third-order valence-corrected chi connectivity index (χ3v) is 2.67. The molecule has 0 radical (unpaired) electrons. The molecule has 0 bridgehead atoms. The van der Waals surface area contributed by atoms with Crippen molar-refractivity contribution in [3.8, 4) is 0 Å². The van der Waals surface area contributed by atoms with Crippen LogP contribution in [-0.4, -0.2) is 33.7 Å². The van der Waals surface area contributed by atoms with Crippen molar-refractivity contribution in [2.24, 2.45) is 0 Å². The number of aliphatic hydroxyl groups is 1. The monoisotopic (exact) mass is 276 g/mol. The summed E-state index contributed by atoms with van der Waals surface area (Å²) in [6.07, 6.45) is 0. The van der Waals surface area contributed by atoms with Crippen LogP contribution in [0.15, 0.2) is 12.1 Å². The molecule has 96 valence electrons. The zero-order valence-electron chi connectivity index (χ0n) is 10.4. The molecule has 0 aliphatic carbocycles. The molecule has 0 aliphatic heterocycles. The van der Waals surface area contributed by atoms with E-state index in [2.05, 4.69) is 16.8 Å². The van der Waals surface area contributed by atoms with Gasteiger partial charge in [0.15, 0.2) is 0 Å². The van der Waals surface area contributed by atoms with Crippen LogP contribution in [0.2, 0.25) is 10.3 Å². The Morgan fingerprint density at radius 2 is 1.82 bits per heavy atom. The Labute approximate surface area is 112 Å². The fourth-order valence-electron chi connectivity index (χ4n) is 1.69. The Morgan fingerprint density at radius 1 is 1.29 bits per heavy atom. The Bertz CT molecular complexity index is 357. The van der Waals surface area contributed by atoms with Gasteiger partial charge in [-0.05, 0) is 38.1 Å². The third-order valence-electron chi connectivity index (χ3n) is 2.29. The van der Waals surface area contributed by atoms with Crippen LogP contribution in [-0.2, 0) is 6.54 Å². The van der Waals surface area contributed by atoms with Crippen molar-refractivity contribution in [2.75, 3.05) is 13.1 Å². The van der Waals surface area contributed by atoms with Gasteiger partial charge in [0, 0.05) is 13.1 Å². The van der Waals surface area contributed by atoms with Gasteiger partial charge in [-0.25, -0.2) is 4.98 Å². The number of aromatic nitrogens is 1. The van der Waals surface area contributed by atoms with Crippen LogP contribution in [0.3, 0.4) is 0 Å². The molecule has 0 spiro atoms. The summed E-state index contributed by atoms with van der Waals surface area (Å²) in [5, 5.41) is 10.6. The predicted molar refractivity (Wildman–Crippen MR) is 71.5 cm³/mol. The second kappa shape index (κ2) is 6.01. The summed E-state index contributed by atoms with van der Waals surface area (Å²) < 4.78 is 0. The Kier molecular flexibility index (Phi) is 5.20. The van der Waals surface area contributed by atoms with Gasteiger partial charge >= 0.3 is 0 Å². The maximum atomic E-state index is 9.80. The van der Waals surface area contributed by atoms with Crippen LogP contribution in [0.5, 0.6) is 0 Å². The number of nitrogens with zero attached hydrogens (tertiary/aromatic N) is 2. The summed E-state index contributed by atoms with van der Waals surface area (Å²) in [5.41, 5.74) is 0.289. The van der Waals surface area contributed by atoms with E-state index in [-0.39, 0.29) is 0 Å². The maximum absolute atomic E-state index is 9.80. The van der Waals surface area contributed by atoms with Gasteiger partial charge in [-0.1, -0.05) is 30.1 Å². The number of halogens is 2. The molecule has 1 aromatic heterocycles. The molecular formula is C12H18Cl2N2O. The fraction of sp³-hybridized carbons (Fsp3) is 0.583. The molecule has 0 unspecified atom stereocenters. The smallest absolute Gasteiger partial charge is 0.131 e. The minimum Gasteiger partial charge on any atom is -0.389 e. The molecular weight excluding hydrogens is 259 g/mol. The lowest BCUT2D eigenvalue weighted by Gasteiger charge is -2.28. The molecule has 0 saturated carbocycles. The molecule has 5 heteroatoms. The van der Waals surface area contributed by atoms with E-state index >= 15 is 0 Å². The van der Waals surface area contributed by atoms with Gasteiger partial charge < -0.3 is 5.11 Å². The van der Waals surface area contributed by atoms with E-state index in [4.69, 9.17) is 23.2 Å². The lowest BCUT2D eigenvalue weighted by atomic mass is 10.1. The maximum Gasteiger partial charge on any atom is 0.131 e. The van der Waals surface area contributed by atoms with E-state index in [1.54, 1.807) is 26.0 Å². The lowest BCUT2D eigenvalue weighted by Crippen LogP contribution is -2.38. The summed E-state index contributed by atoms with van der Waals surface area (Å²) in [6.45, 7) is 7.78. The second-order valence-electron chi connectivity index (χ2n) is 4.74. The molecule has 1 N–H and O–H groups in total. The molecule has 0 saturated heterocycles. The fourth-order valence-corrected chi connectivity index (χ4v) is 2.20. The van der Waals surface area contributed by atoms with Crippen molar-refractivity contribution in [3.05, 3.63) is 28.0 Å². The SMILES string of the molecule is CCN(Cc1cc(Cl)nc(Cl)c1)CC(C)(C)O. The Hall–Kier alpha value is -0.350. The first-order valence-electron chi connectivity index (χ1n) is 5.57. The first kappa shape index (κ1) is 14.7. The van der Waals surface area contributed by atoms with Gasteiger partial charge in [-0.3, -0.25) is 4.90 Å². The molecule has 17 heavy (non-hydrogen) atoms. The summed E-state index contributed by atoms with van der Waals surface area (Å²) in [5.74, 6) is 0. The Morgan fingerprint density at radius 3 is 2.24 bits per heavy atom. The van der Waals surface area contributed by atoms with Gasteiger partial charge in [0.25, 0.3) is 0 Å². The van der Waals surface area contributed by atoms with Gasteiger partial charge in [-0.2, -0.15) is 0 Å². The highest BCUT2D eigenvalue weighted by molar-refractivity contribution is 6.32. The zero-order valence-corrected chi connectivity index (χ0v) is 11.9. The van der Waals surface area contributed by atoms with Gasteiger partial charge in [0.2, 0.25) is 0 Å². The largest absolute Gasteiger partial charge is 0.389 e. The molecule has 0 aromatic carbocycles. The molecule has 0 amide bonds. The highest BCUT2D eigenvalue weighted by atomic mass is 35.5. The average molecular weight is 277 g/mol. The van der Waals surface area contributed by atoms with E-state index in [9.17, 15) is 5.11 Å². The molecule has 1 rings (SSSR count). The van der Waals surface area contributed by atoms with Crippen molar-refractivity contribution in [1.29, 1.82) is 0 Å². The second-order valence-corrected chi connectivity index (χ2v) is 5.51.